The Bertz CT molecular complexity index is 428. The van der Waals surface area contributed by atoms with E-state index in [-0.39, 0.29) is 5.75 Å². The molecule has 0 aliphatic rings. The summed E-state index contributed by atoms with van der Waals surface area (Å²) >= 11 is 0. The van der Waals surface area contributed by atoms with Crippen molar-refractivity contribution in [3.05, 3.63) is 30.0 Å². The van der Waals surface area contributed by atoms with E-state index in [4.69, 9.17) is 4.42 Å². The van der Waals surface area contributed by atoms with Crippen molar-refractivity contribution < 1.29 is 14.3 Å². The molecule has 0 aliphatic heterocycles. The Labute approximate surface area is 68.2 Å². The van der Waals surface area contributed by atoms with Crippen LogP contribution in [0.15, 0.2) is 28.9 Å². The van der Waals surface area contributed by atoms with Crippen molar-refractivity contribution in [2.75, 3.05) is 0 Å². The molecule has 0 saturated carbocycles. The van der Waals surface area contributed by atoms with Crippen LogP contribution in [-0.4, -0.2) is 11.4 Å². The Kier molecular flexibility index (Phi) is 1.37. The molecule has 0 bridgehead atoms. The van der Waals surface area contributed by atoms with E-state index in [1.54, 1.807) is 6.07 Å². The standard InChI is InChI=1S/C9H6O3/c10-5-6-1-2-8(11)7-3-4-12-9(6)7/h1-5,11H. The fraction of sp³-hybridized carbons (Fsp3) is 0. The molecule has 0 fully saturated rings. The maximum Gasteiger partial charge on any atom is 0.153 e. The van der Waals surface area contributed by atoms with Gasteiger partial charge in [0.25, 0.3) is 0 Å². The summed E-state index contributed by atoms with van der Waals surface area (Å²) in [5.41, 5.74) is 0.887. The van der Waals surface area contributed by atoms with Crippen molar-refractivity contribution in [3.63, 3.8) is 0 Å². The van der Waals surface area contributed by atoms with E-state index in [1.807, 2.05) is 0 Å². The highest BCUT2D eigenvalue weighted by Gasteiger charge is 2.06. The molecular weight excluding hydrogens is 156 g/mol. The van der Waals surface area contributed by atoms with Crippen LogP contribution in [0.2, 0.25) is 0 Å². The Morgan fingerprint density at radius 3 is 2.92 bits per heavy atom. The van der Waals surface area contributed by atoms with E-state index in [9.17, 15) is 9.90 Å². The largest absolute Gasteiger partial charge is 0.507 e. The molecule has 1 heterocycles. The molecule has 2 rings (SSSR count). The summed E-state index contributed by atoms with van der Waals surface area (Å²) in [7, 11) is 0. The number of hydrogen-bond donors (Lipinski definition) is 1. The molecule has 0 spiro atoms. The van der Waals surface area contributed by atoms with Crippen LogP contribution in [0.1, 0.15) is 10.4 Å². The van der Waals surface area contributed by atoms with Crippen molar-refractivity contribution in [1.29, 1.82) is 0 Å². The quantitative estimate of drug-likeness (QED) is 0.652. The van der Waals surface area contributed by atoms with Crippen molar-refractivity contribution in [1.82, 2.24) is 0 Å². The highest BCUT2D eigenvalue weighted by atomic mass is 16.3. The first-order chi connectivity index (χ1) is 5.83. The van der Waals surface area contributed by atoms with E-state index in [2.05, 4.69) is 0 Å². The maximum absolute atomic E-state index is 10.5. The topological polar surface area (TPSA) is 50.4 Å². The van der Waals surface area contributed by atoms with Crippen molar-refractivity contribution in [3.8, 4) is 5.75 Å². The van der Waals surface area contributed by atoms with Crippen LogP contribution in [0.4, 0.5) is 0 Å². The van der Waals surface area contributed by atoms with Crippen LogP contribution in [0.5, 0.6) is 5.75 Å². The van der Waals surface area contributed by atoms with Crippen LogP contribution < -0.4 is 0 Å². The minimum Gasteiger partial charge on any atom is -0.507 e. The number of fused-ring (bicyclic) bond motifs is 1. The second kappa shape index (κ2) is 2.37. The van der Waals surface area contributed by atoms with Gasteiger partial charge < -0.3 is 9.52 Å². The zero-order valence-electron chi connectivity index (χ0n) is 6.15. The molecule has 0 aliphatic carbocycles. The first-order valence-electron chi connectivity index (χ1n) is 3.47. The van der Waals surface area contributed by atoms with Crippen LogP contribution in [-0.2, 0) is 0 Å². The van der Waals surface area contributed by atoms with Gasteiger partial charge in [-0.05, 0) is 18.2 Å². The number of aromatic hydroxyl groups is 1. The second-order valence-electron chi connectivity index (χ2n) is 2.46. The van der Waals surface area contributed by atoms with Crippen LogP contribution >= 0.6 is 0 Å². The molecule has 0 unspecified atom stereocenters. The van der Waals surface area contributed by atoms with E-state index in [0.717, 1.165) is 0 Å². The summed E-state index contributed by atoms with van der Waals surface area (Å²) in [4.78, 5) is 10.5. The first-order valence-corrected chi connectivity index (χ1v) is 3.47. The smallest absolute Gasteiger partial charge is 0.153 e. The van der Waals surface area contributed by atoms with Gasteiger partial charge in [-0.3, -0.25) is 4.79 Å². The lowest BCUT2D eigenvalue weighted by Crippen LogP contribution is -1.79. The number of aldehydes is 1. The number of phenolic OH excluding ortho intramolecular Hbond substituents is 1. The molecule has 1 aromatic carbocycles. The molecule has 0 saturated heterocycles. The number of rotatable bonds is 1. The number of phenols is 1. The van der Waals surface area contributed by atoms with E-state index in [1.165, 1.54) is 18.4 Å². The molecule has 1 N–H and O–H groups in total. The highest BCUT2D eigenvalue weighted by molar-refractivity contribution is 5.97. The summed E-state index contributed by atoms with van der Waals surface area (Å²) < 4.78 is 5.03. The van der Waals surface area contributed by atoms with Gasteiger partial charge in [0.1, 0.15) is 11.3 Å². The third-order valence-corrected chi connectivity index (χ3v) is 1.75. The average molecular weight is 162 g/mol. The third-order valence-electron chi connectivity index (χ3n) is 1.75. The van der Waals surface area contributed by atoms with Crippen molar-refractivity contribution in [2.45, 2.75) is 0 Å². The van der Waals surface area contributed by atoms with Gasteiger partial charge >= 0.3 is 0 Å². The van der Waals surface area contributed by atoms with E-state index in [0.29, 0.717) is 22.8 Å². The number of carbonyl (C=O) groups is 1. The number of carbonyl (C=O) groups excluding carboxylic acids is 1. The monoisotopic (exact) mass is 162 g/mol. The van der Waals surface area contributed by atoms with Gasteiger partial charge in [0.15, 0.2) is 6.29 Å². The number of furan rings is 1. The van der Waals surface area contributed by atoms with Gasteiger partial charge in [-0.1, -0.05) is 0 Å². The summed E-state index contributed by atoms with van der Waals surface area (Å²) in [6, 6.07) is 4.62. The third kappa shape index (κ3) is 0.797. The highest BCUT2D eigenvalue weighted by Crippen LogP contribution is 2.27. The normalized spacial score (nSPS) is 10.3. The molecular formula is C9H6O3. The Balaban J connectivity index is 2.91. The molecule has 3 nitrogen and oxygen atoms in total. The first kappa shape index (κ1) is 6.91. The van der Waals surface area contributed by atoms with Crippen molar-refractivity contribution in [2.24, 2.45) is 0 Å². The average Bonchev–Trinajstić information content (AvgIpc) is 2.54. The molecule has 3 heteroatoms. The minimum atomic E-state index is 0.129. The van der Waals surface area contributed by atoms with E-state index < -0.39 is 0 Å². The summed E-state index contributed by atoms with van der Waals surface area (Å²) in [5, 5.41) is 9.87. The van der Waals surface area contributed by atoms with Crippen LogP contribution in [0.25, 0.3) is 11.0 Å². The zero-order valence-corrected chi connectivity index (χ0v) is 6.15. The van der Waals surface area contributed by atoms with Gasteiger partial charge in [0, 0.05) is 0 Å². The fourth-order valence-electron chi connectivity index (χ4n) is 1.16. The number of hydrogen-bond acceptors (Lipinski definition) is 3. The Morgan fingerprint density at radius 1 is 1.33 bits per heavy atom. The van der Waals surface area contributed by atoms with Gasteiger partial charge in [-0.25, -0.2) is 0 Å². The van der Waals surface area contributed by atoms with Crippen LogP contribution in [0.3, 0.4) is 0 Å². The van der Waals surface area contributed by atoms with E-state index >= 15 is 0 Å². The predicted octanol–water partition coefficient (Wildman–Crippen LogP) is 1.95. The predicted molar refractivity (Wildman–Crippen MR) is 43.3 cm³/mol. The van der Waals surface area contributed by atoms with Gasteiger partial charge in [-0.2, -0.15) is 0 Å². The van der Waals surface area contributed by atoms with Gasteiger partial charge in [0.05, 0.1) is 17.2 Å². The van der Waals surface area contributed by atoms with Gasteiger partial charge in [0.2, 0.25) is 0 Å². The minimum absolute atomic E-state index is 0.129. The zero-order chi connectivity index (χ0) is 8.55. The fourth-order valence-corrected chi connectivity index (χ4v) is 1.16. The summed E-state index contributed by atoms with van der Waals surface area (Å²) in [6.07, 6.45) is 2.14. The Hall–Kier alpha value is -1.77. The molecule has 0 radical (unpaired) electrons. The summed E-state index contributed by atoms with van der Waals surface area (Å²) in [5.74, 6) is 0.129. The molecule has 0 amide bonds. The van der Waals surface area contributed by atoms with Gasteiger partial charge in [-0.15, -0.1) is 0 Å². The van der Waals surface area contributed by atoms with Crippen LogP contribution in [0, 0.1) is 0 Å². The molecule has 12 heavy (non-hydrogen) atoms. The lowest BCUT2D eigenvalue weighted by atomic mass is 10.1. The lowest BCUT2D eigenvalue weighted by Gasteiger charge is -1.94. The number of benzene rings is 1. The summed E-state index contributed by atoms with van der Waals surface area (Å²) in [6.45, 7) is 0. The molecule has 60 valence electrons. The molecule has 1 aromatic heterocycles. The molecule has 2 aromatic rings. The van der Waals surface area contributed by atoms with Crippen molar-refractivity contribution >= 4 is 17.3 Å². The SMILES string of the molecule is O=Cc1ccc(O)c2ccoc12. The Morgan fingerprint density at radius 2 is 2.17 bits per heavy atom. The maximum atomic E-state index is 10.5. The lowest BCUT2D eigenvalue weighted by molar-refractivity contribution is 0.112. The second-order valence-corrected chi connectivity index (χ2v) is 2.46. The molecule has 0 atom stereocenters.